The predicted molar refractivity (Wildman–Crippen MR) is 85.1 cm³/mol. The molecule has 0 saturated carbocycles. The molecule has 0 spiro atoms. The van der Waals surface area contributed by atoms with Gasteiger partial charge in [0, 0.05) is 16.2 Å². The van der Waals surface area contributed by atoms with Gasteiger partial charge in [0.15, 0.2) is 0 Å². The number of hydrogen-bond acceptors (Lipinski definition) is 3. The maximum Gasteiger partial charge on any atom is 0.109 e. The van der Waals surface area contributed by atoms with Crippen LogP contribution < -0.4 is 0 Å². The Morgan fingerprint density at radius 2 is 2.15 bits per heavy atom. The summed E-state index contributed by atoms with van der Waals surface area (Å²) in [5, 5.41) is 15.3. The molecule has 1 aliphatic heterocycles. The predicted octanol–water partition coefficient (Wildman–Crippen LogP) is 3.98. The van der Waals surface area contributed by atoms with Gasteiger partial charge >= 0.3 is 0 Å². The summed E-state index contributed by atoms with van der Waals surface area (Å²) >= 11 is 5.28. The van der Waals surface area contributed by atoms with Crippen molar-refractivity contribution in [2.75, 3.05) is 0 Å². The van der Waals surface area contributed by atoms with Crippen LogP contribution in [0.25, 0.3) is 0 Å². The van der Waals surface area contributed by atoms with Crippen molar-refractivity contribution in [3.05, 3.63) is 46.2 Å². The highest BCUT2D eigenvalue weighted by Crippen LogP contribution is 2.43. The quantitative estimate of drug-likeness (QED) is 0.907. The third-order valence-electron chi connectivity index (χ3n) is 3.58. The first-order valence-electron chi connectivity index (χ1n) is 6.73. The summed E-state index contributed by atoms with van der Waals surface area (Å²) in [5.41, 5.74) is 2.21. The Bertz CT molecular complexity index is 601. The Kier molecular flexibility index (Phi) is 3.93. The number of hydrogen-bond donors (Lipinski definition) is 1. The molecule has 1 N–H and O–H groups in total. The number of aromatic nitrogens is 2. The van der Waals surface area contributed by atoms with Crippen LogP contribution >= 0.6 is 27.7 Å². The molecule has 1 aromatic heterocycles. The molecular weight excluding hydrogens is 336 g/mol. The molecule has 0 aliphatic carbocycles. The molecule has 0 bridgehead atoms. The van der Waals surface area contributed by atoms with Gasteiger partial charge in [-0.05, 0) is 47.8 Å². The number of aliphatic hydroxyl groups excluding tert-OH is 1. The lowest BCUT2D eigenvalue weighted by Crippen LogP contribution is -2.20. The highest BCUT2D eigenvalue weighted by molar-refractivity contribution is 9.10. The number of rotatable bonds is 3. The number of nitrogens with zero attached hydrogens (tertiary/aromatic N) is 2. The Hall–Kier alpha value is -0.780. The van der Waals surface area contributed by atoms with Gasteiger partial charge < -0.3 is 5.11 Å². The van der Waals surface area contributed by atoms with Crippen molar-refractivity contribution in [1.82, 2.24) is 9.78 Å². The second-order valence-corrected chi connectivity index (χ2v) is 7.46. The van der Waals surface area contributed by atoms with Crippen LogP contribution in [-0.4, -0.2) is 20.1 Å². The number of benzene rings is 1. The summed E-state index contributed by atoms with van der Waals surface area (Å²) in [6, 6.07) is 8.61. The summed E-state index contributed by atoms with van der Waals surface area (Å²) in [4.78, 5) is 1.28. The first kappa shape index (κ1) is 14.2. The van der Waals surface area contributed by atoms with Crippen molar-refractivity contribution in [3.8, 4) is 0 Å². The van der Waals surface area contributed by atoms with Gasteiger partial charge in [0.25, 0.3) is 0 Å². The molecule has 2 aromatic rings. The van der Waals surface area contributed by atoms with E-state index in [1.165, 1.54) is 10.5 Å². The molecule has 0 saturated heterocycles. The van der Waals surface area contributed by atoms with Crippen LogP contribution in [0.2, 0.25) is 0 Å². The van der Waals surface area contributed by atoms with E-state index < -0.39 is 6.10 Å². The van der Waals surface area contributed by atoms with E-state index in [2.05, 4.69) is 59.1 Å². The molecule has 2 unspecified atom stereocenters. The van der Waals surface area contributed by atoms with E-state index in [1.54, 1.807) is 18.0 Å². The molecule has 0 radical (unpaired) electrons. The summed E-state index contributed by atoms with van der Waals surface area (Å²) in [6.45, 7) is 4.15. The number of aliphatic hydroxyl groups is 1. The van der Waals surface area contributed by atoms with Crippen LogP contribution in [0.3, 0.4) is 0 Å². The van der Waals surface area contributed by atoms with Crippen LogP contribution in [-0.2, 0) is 6.42 Å². The minimum Gasteiger partial charge on any atom is -0.386 e. The highest BCUT2D eigenvalue weighted by Gasteiger charge is 2.32. The van der Waals surface area contributed by atoms with E-state index in [4.69, 9.17) is 0 Å². The van der Waals surface area contributed by atoms with Gasteiger partial charge in [-0.2, -0.15) is 5.10 Å². The average molecular weight is 353 g/mol. The second kappa shape index (κ2) is 5.54. The summed E-state index contributed by atoms with van der Waals surface area (Å²) in [6.07, 6.45) is 2.15. The Morgan fingerprint density at radius 3 is 2.85 bits per heavy atom. The summed E-state index contributed by atoms with van der Waals surface area (Å²) in [5.74, 6) is 0. The minimum atomic E-state index is -0.522. The molecule has 0 fully saturated rings. The normalized spacial score (nSPS) is 19.4. The smallest absolute Gasteiger partial charge is 0.109 e. The first-order valence-corrected chi connectivity index (χ1v) is 8.40. The lowest BCUT2D eigenvalue weighted by molar-refractivity contribution is 0.161. The largest absolute Gasteiger partial charge is 0.386 e. The molecule has 5 heteroatoms. The number of halogens is 1. The van der Waals surface area contributed by atoms with Crippen molar-refractivity contribution in [3.63, 3.8) is 0 Å². The van der Waals surface area contributed by atoms with Gasteiger partial charge in [0.2, 0.25) is 0 Å². The number of thioether (sulfide) groups is 1. The number of fused-ring (bicyclic) bond motifs is 1. The maximum absolute atomic E-state index is 10.8. The maximum atomic E-state index is 10.8. The fraction of sp³-hybridized carbons (Fsp3) is 0.400. The fourth-order valence-corrected chi connectivity index (χ4v) is 4.41. The van der Waals surface area contributed by atoms with E-state index in [0.29, 0.717) is 0 Å². The zero-order chi connectivity index (χ0) is 14.3. The lowest BCUT2D eigenvalue weighted by Gasteiger charge is -2.21. The molecule has 1 aliphatic rings. The van der Waals surface area contributed by atoms with Gasteiger partial charge in [-0.25, -0.2) is 0 Å². The second-order valence-electron chi connectivity index (χ2n) is 5.33. The SMILES string of the molecule is CC(C)n1ncc(Br)c1C(O)C1Cc2ccccc2S1. The van der Waals surface area contributed by atoms with E-state index in [9.17, 15) is 5.11 Å². The van der Waals surface area contributed by atoms with E-state index >= 15 is 0 Å². The van der Waals surface area contributed by atoms with E-state index in [1.807, 2.05) is 4.68 Å². The monoisotopic (exact) mass is 352 g/mol. The van der Waals surface area contributed by atoms with Crippen molar-refractivity contribution < 1.29 is 5.11 Å². The molecule has 1 aromatic carbocycles. The molecule has 3 rings (SSSR count). The Labute approximate surface area is 131 Å². The van der Waals surface area contributed by atoms with Crippen LogP contribution in [0.1, 0.15) is 37.3 Å². The van der Waals surface area contributed by atoms with Gasteiger partial charge in [-0.3, -0.25) is 4.68 Å². The topological polar surface area (TPSA) is 38.0 Å². The summed E-state index contributed by atoms with van der Waals surface area (Å²) in [7, 11) is 0. The minimum absolute atomic E-state index is 0.151. The van der Waals surface area contributed by atoms with Gasteiger partial charge in [-0.1, -0.05) is 18.2 Å². The molecule has 0 amide bonds. The Morgan fingerprint density at radius 1 is 1.40 bits per heavy atom. The van der Waals surface area contributed by atoms with Gasteiger partial charge in [0.1, 0.15) is 6.10 Å². The van der Waals surface area contributed by atoms with Crippen molar-refractivity contribution >= 4 is 27.7 Å². The Balaban J connectivity index is 1.88. The standard InChI is InChI=1S/C15H17BrN2OS/c1-9(2)18-14(11(16)8-17-18)15(19)13-7-10-5-3-4-6-12(10)20-13/h3-6,8-9,13,15,19H,7H2,1-2H3. The van der Waals surface area contributed by atoms with Crippen molar-refractivity contribution in [1.29, 1.82) is 0 Å². The zero-order valence-electron chi connectivity index (χ0n) is 11.5. The van der Waals surface area contributed by atoms with Gasteiger partial charge in [0.05, 0.1) is 16.4 Å². The average Bonchev–Trinajstić information content (AvgIpc) is 3.01. The van der Waals surface area contributed by atoms with E-state index in [0.717, 1.165) is 16.6 Å². The fourth-order valence-electron chi connectivity index (χ4n) is 2.60. The van der Waals surface area contributed by atoms with Gasteiger partial charge in [-0.15, -0.1) is 11.8 Å². The molecular formula is C15H17BrN2OS. The van der Waals surface area contributed by atoms with Crippen molar-refractivity contribution in [2.45, 2.75) is 42.6 Å². The lowest BCUT2D eigenvalue weighted by atomic mass is 10.0. The summed E-state index contributed by atoms with van der Waals surface area (Å²) < 4.78 is 2.79. The molecule has 2 atom stereocenters. The van der Waals surface area contributed by atoms with Crippen molar-refractivity contribution in [2.24, 2.45) is 0 Å². The highest BCUT2D eigenvalue weighted by atomic mass is 79.9. The zero-order valence-corrected chi connectivity index (χ0v) is 13.9. The molecule has 20 heavy (non-hydrogen) atoms. The van der Waals surface area contributed by atoms with Crippen LogP contribution in [0.15, 0.2) is 39.8 Å². The van der Waals surface area contributed by atoms with E-state index in [-0.39, 0.29) is 11.3 Å². The van der Waals surface area contributed by atoms with Crippen LogP contribution in [0.5, 0.6) is 0 Å². The molecule has 3 nitrogen and oxygen atoms in total. The van der Waals surface area contributed by atoms with Crippen LogP contribution in [0, 0.1) is 0 Å². The third kappa shape index (κ3) is 2.43. The molecule has 106 valence electrons. The molecule has 2 heterocycles. The first-order chi connectivity index (χ1) is 9.58. The van der Waals surface area contributed by atoms with Crippen LogP contribution in [0.4, 0.5) is 0 Å². The third-order valence-corrected chi connectivity index (χ3v) is 5.57.